The fraction of sp³-hybridized carbons (Fsp3) is 0.0556. The van der Waals surface area contributed by atoms with Crippen LogP contribution in [0.3, 0.4) is 0 Å². The normalized spacial score (nSPS) is 10.3. The van der Waals surface area contributed by atoms with Gasteiger partial charge in [-0.1, -0.05) is 41.4 Å². The molecule has 2 amide bonds. The molecule has 0 unspecified atom stereocenters. The number of rotatable bonds is 3. The number of thiocarbonyl (C=S) groups is 1. The SMILES string of the molecule is Cc1cccc(C(=O)NNC(=S)NC(=O)/C=C/c2ccc(Cl)cc2)c1. The Balaban J connectivity index is 1.80. The Morgan fingerprint density at radius 1 is 1.08 bits per heavy atom. The molecule has 2 rings (SSSR count). The fourth-order valence-electron chi connectivity index (χ4n) is 1.90. The summed E-state index contributed by atoms with van der Waals surface area (Å²) in [5.74, 6) is -0.769. The predicted molar refractivity (Wildman–Crippen MR) is 103 cm³/mol. The maximum absolute atomic E-state index is 12.0. The Bertz CT molecular complexity index is 819. The van der Waals surface area contributed by atoms with Crippen LogP contribution in [0.5, 0.6) is 0 Å². The molecule has 0 fully saturated rings. The molecule has 0 aromatic heterocycles. The topological polar surface area (TPSA) is 70.2 Å². The summed E-state index contributed by atoms with van der Waals surface area (Å²) in [6.45, 7) is 1.89. The lowest BCUT2D eigenvalue weighted by atomic mass is 10.1. The average Bonchev–Trinajstić information content (AvgIpc) is 2.59. The lowest BCUT2D eigenvalue weighted by Gasteiger charge is -2.10. The van der Waals surface area contributed by atoms with Gasteiger partial charge in [0.05, 0.1) is 0 Å². The van der Waals surface area contributed by atoms with Gasteiger partial charge in [-0.05, 0) is 55.0 Å². The first-order valence-corrected chi connectivity index (χ1v) is 8.14. The van der Waals surface area contributed by atoms with Crippen molar-refractivity contribution in [1.82, 2.24) is 16.2 Å². The van der Waals surface area contributed by atoms with Gasteiger partial charge in [0.1, 0.15) is 0 Å². The van der Waals surface area contributed by atoms with Crippen molar-refractivity contribution < 1.29 is 9.59 Å². The Hall–Kier alpha value is -2.70. The van der Waals surface area contributed by atoms with Crippen LogP contribution in [0.25, 0.3) is 6.08 Å². The number of amides is 2. The number of halogens is 1. The summed E-state index contributed by atoms with van der Waals surface area (Å²) in [5, 5.41) is 3.05. The molecule has 0 saturated heterocycles. The number of nitrogens with one attached hydrogen (secondary N) is 3. The highest BCUT2D eigenvalue weighted by molar-refractivity contribution is 7.80. The van der Waals surface area contributed by atoms with Gasteiger partial charge >= 0.3 is 0 Å². The Labute approximate surface area is 156 Å². The molecule has 3 N–H and O–H groups in total. The molecule has 0 radical (unpaired) electrons. The van der Waals surface area contributed by atoms with Crippen LogP contribution in [-0.2, 0) is 4.79 Å². The summed E-state index contributed by atoms with van der Waals surface area (Å²) in [5.41, 5.74) is 7.20. The second-order valence-electron chi connectivity index (χ2n) is 5.15. The van der Waals surface area contributed by atoms with Crippen molar-refractivity contribution in [2.24, 2.45) is 0 Å². The number of aryl methyl sites for hydroxylation is 1. The zero-order valence-corrected chi connectivity index (χ0v) is 14.9. The fourth-order valence-corrected chi connectivity index (χ4v) is 2.18. The van der Waals surface area contributed by atoms with E-state index in [4.69, 9.17) is 23.8 Å². The van der Waals surface area contributed by atoms with Crippen LogP contribution >= 0.6 is 23.8 Å². The molecule has 0 atom stereocenters. The van der Waals surface area contributed by atoms with E-state index in [1.807, 2.05) is 13.0 Å². The van der Waals surface area contributed by atoms with E-state index in [1.165, 1.54) is 6.08 Å². The lowest BCUT2D eigenvalue weighted by molar-refractivity contribution is -0.115. The van der Waals surface area contributed by atoms with E-state index >= 15 is 0 Å². The van der Waals surface area contributed by atoms with Crippen LogP contribution in [0.4, 0.5) is 0 Å². The van der Waals surface area contributed by atoms with Crippen LogP contribution in [0.15, 0.2) is 54.6 Å². The highest BCUT2D eigenvalue weighted by Crippen LogP contribution is 2.10. The highest BCUT2D eigenvalue weighted by Gasteiger charge is 2.06. The van der Waals surface area contributed by atoms with Gasteiger partial charge in [-0.25, -0.2) is 0 Å². The quantitative estimate of drug-likeness (QED) is 0.439. The summed E-state index contributed by atoms with van der Waals surface area (Å²) < 4.78 is 0. The molecule has 0 saturated carbocycles. The van der Waals surface area contributed by atoms with Crippen molar-refractivity contribution >= 4 is 46.8 Å². The highest BCUT2D eigenvalue weighted by atomic mass is 35.5. The van der Waals surface area contributed by atoms with Gasteiger partial charge in [-0.15, -0.1) is 0 Å². The molecule has 0 aliphatic carbocycles. The van der Waals surface area contributed by atoms with E-state index in [1.54, 1.807) is 48.5 Å². The second-order valence-corrected chi connectivity index (χ2v) is 6.00. The predicted octanol–water partition coefficient (Wildman–Crippen LogP) is 3.00. The number of hydrazine groups is 1. The van der Waals surface area contributed by atoms with Crippen molar-refractivity contribution in [3.05, 3.63) is 76.3 Å². The van der Waals surface area contributed by atoms with Crippen LogP contribution < -0.4 is 16.2 Å². The minimum atomic E-state index is -0.419. The van der Waals surface area contributed by atoms with Crippen molar-refractivity contribution in [2.75, 3.05) is 0 Å². The third-order valence-electron chi connectivity index (χ3n) is 3.10. The van der Waals surface area contributed by atoms with E-state index in [0.717, 1.165) is 11.1 Å². The third-order valence-corrected chi connectivity index (χ3v) is 3.56. The summed E-state index contributed by atoms with van der Waals surface area (Å²) in [6, 6.07) is 14.1. The van der Waals surface area contributed by atoms with Crippen molar-refractivity contribution in [1.29, 1.82) is 0 Å². The molecular formula is C18H16ClN3O2S. The van der Waals surface area contributed by atoms with E-state index in [9.17, 15) is 9.59 Å². The molecule has 0 heterocycles. The Morgan fingerprint density at radius 3 is 2.48 bits per heavy atom. The minimum Gasteiger partial charge on any atom is -0.298 e. The maximum Gasteiger partial charge on any atom is 0.269 e. The first-order chi connectivity index (χ1) is 11.9. The minimum absolute atomic E-state index is 0.00763. The van der Waals surface area contributed by atoms with Gasteiger partial charge in [0.2, 0.25) is 5.91 Å². The van der Waals surface area contributed by atoms with E-state index in [-0.39, 0.29) is 11.0 Å². The Kier molecular flexibility index (Phi) is 6.68. The third kappa shape index (κ3) is 6.37. The van der Waals surface area contributed by atoms with Gasteiger partial charge in [0.15, 0.2) is 5.11 Å². The molecule has 2 aromatic rings. The zero-order chi connectivity index (χ0) is 18.2. The Morgan fingerprint density at radius 2 is 1.80 bits per heavy atom. The van der Waals surface area contributed by atoms with Crippen molar-refractivity contribution in [2.45, 2.75) is 6.92 Å². The van der Waals surface area contributed by atoms with Gasteiger partial charge in [0.25, 0.3) is 5.91 Å². The largest absolute Gasteiger partial charge is 0.298 e. The van der Waals surface area contributed by atoms with Gasteiger partial charge in [0, 0.05) is 16.7 Å². The first-order valence-electron chi connectivity index (χ1n) is 7.35. The standard InChI is InChI=1S/C18H16ClN3O2S/c1-12-3-2-4-14(11-12)17(24)21-22-18(25)20-16(23)10-7-13-5-8-15(19)9-6-13/h2-11H,1H3,(H,21,24)(H2,20,22,23,25)/b10-7+. The number of carbonyl (C=O) groups excluding carboxylic acids is 2. The molecular weight excluding hydrogens is 358 g/mol. The molecule has 0 bridgehead atoms. The van der Waals surface area contributed by atoms with E-state index in [2.05, 4.69) is 16.2 Å². The molecule has 5 nitrogen and oxygen atoms in total. The van der Waals surface area contributed by atoms with E-state index in [0.29, 0.717) is 10.6 Å². The molecule has 2 aromatic carbocycles. The maximum atomic E-state index is 12.0. The summed E-state index contributed by atoms with van der Waals surface area (Å²) in [4.78, 5) is 23.7. The average molecular weight is 374 g/mol. The smallest absolute Gasteiger partial charge is 0.269 e. The van der Waals surface area contributed by atoms with Gasteiger partial charge in [-0.2, -0.15) is 0 Å². The molecule has 0 aliphatic rings. The van der Waals surface area contributed by atoms with Gasteiger partial charge in [-0.3, -0.25) is 25.8 Å². The first kappa shape index (κ1) is 18.6. The van der Waals surface area contributed by atoms with E-state index < -0.39 is 5.91 Å². The summed E-state index contributed by atoms with van der Waals surface area (Å²) in [7, 11) is 0. The molecule has 0 aliphatic heterocycles. The lowest BCUT2D eigenvalue weighted by Crippen LogP contribution is -2.48. The van der Waals surface area contributed by atoms with Crippen LogP contribution in [0.1, 0.15) is 21.5 Å². The van der Waals surface area contributed by atoms with Crippen LogP contribution in [0, 0.1) is 6.92 Å². The number of carbonyl (C=O) groups is 2. The summed E-state index contributed by atoms with van der Waals surface area (Å²) >= 11 is 10.8. The number of benzene rings is 2. The van der Waals surface area contributed by atoms with Crippen molar-refractivity contribution in [3.63, 3.8) is 0 Å². The van der Waals surface area contributed by atoms with Gasteiger partial charge < -0.3 is 0 Å². The molecule has 25 heavy (non-hydrogen) atoms. The number of hydrogen-bond donors (Lipinski definition) is 3. The monoisotopic (exact) mass is 373 g/mol. The van der Waals surface area contributed by atoms with Crippen LogP contribution in [0.2, 0.25) is 5.02 Å². The zero-order valence-electron chi connectivity index (χ0n) is 13.4. The molecule has 128 valence electrons. The second kappa shape index (κ2) is 8.96. The number of hydrogen-bond acceptors (Lipinski definition) is 3. The van der Waals surface area contributed by atoms with Crippen LogP contribution in [-0.4, -0.2) is 16.9 Å². The molecule has 7 heteroatoms. The molecule has 0 spiro atoms. The summed E-state index contributed by atoms with van der Waals surface area (Å²) in [6.07, 6.45) is 2.96. The van der Waals surface area contributed by atoms with Crippen molar-refractivity contribution in [3.8, 4) is 0 Å².